The summed E-state index contributed by atoms with van der Waals surface area (Å²) in [7, 11) is 1.65. The van der Waals surface area contributed by atoms with E-state index in [1.807, 2.05) is 42.1 Å². The second-order valence-corrected chi connectivity index (χ2v) is 3.73. The van der Waals surface area contributed by atoms with Crippen LogP contribution in [0.25, 0.3) is 0 Å². The number of nitrogens with two attached hydrogens (primary N) is 1. The van der Waals surface area contributed by atoms with Crippen LogP contribution < -0.4 is 10.5 Å². The predicted octanol–water partition coefficient (Wildman–Crippen LogP) is 1.83. The first kappa shape index (κ1) is 10.5. The summed E-state index contributed by atoms with van der Waals surface area (Å²) in [6.07, 6.45) is 1.95. The van der Waals surface area contributed by atoms with Gasteiger partial charge in [0.05, 0.1) is 19.3 Å². The van der Waals surface area contributed by atoms with Crippen LogP contribution in [0.3, 0.4) is 0 Å². The van der Waals surface area contributed by atoms with Gasteiger partial charge in [-0.2, -0.15) is 5.10 Å². The number of aromatic nitrogens is 2. The van der Waals surface area contributed by atoms with Gasteiger partial charge in [0.15, 0.2) is 0 Å². The van der Waals surface area contributed by atoms with Crippen molar-refractivity contribution >= 4 is 5.69 Å². The Labute approximate surface area is 94.6 Å². The SMILES string of the molecule is COc1cc(N)ccc1Cn1ccc(C)n1. The lowest BCUT2D eigenvalue weighted by Crippen LogP contribution is -2.03. The highest BCUT2D eigenvalue weighted by Gasteiger charge is 2.04. The molecule has 0 saturated heterocycles. The van der Waals surface area contributed by atoms with Gasteiger partial charge in [-0.25, -0.2) is 0 Å². The lowest BCUT2D eigenvalue weighted by molar-refractivity contribution is 0.407. The lowest BCUT2D eigenvalue weighted by atomic mass is 10.2. The molecule has 0 amide bonds. The largest absolute Gasteiger partial charge is 0.496 e. The molecule has 0 bridgehead atoms. The Morgan fingerprint density at radius 2 is 2.19 bits per heavy atom. The number of hydrogen-bond acceptors (Lipinski definition) is 3. The maximum absolute atomic E-state index is 5.70. The number of anilines is 1. The molecule has 4 nitrogen and oxygen atoms in total. The number of nitrogen functional groups attached to an aromatic ring is 1. The molecule has 0 atom stereocenters. The third-order valence-corrected chi connectivity index (χ3v) is 2.42. The minimum atomic E-state index is 0.692. The van der Waals surface area contributed by atoms with Crippen molar-refractivity contribution in [3.8, 4) is 5.75 Å². The standard InChI is InChI=1S/C12H15N3O/c1-9-5-6-15(14-9)8-10-3-4-11(13)7-12(10)16-2/h3-7H,8,13H2,1-2H3. The van der Waals surface area contributed by atoms with Gasteiger partial charge in [-0.05, 0) is 19.1 Å². The Kier molecular flexibility index (Phi) is 2.81. The molecule has 0 fully saturated rings. The number of hydrogen-bond donors (Lipinski definition) is 1. The summed E-state index contributed by atoms with van der Waals surface area (Å²) in [6.45, 7) is 2.66. The van der Waals surface area contributed by atoms with Crippen LogP contribution in [0.1, 0.15) is 11.3 Å². The zero-order valence-electron chi connectivity index (χ0n) is 9.47. The average Bonchev–Trinajstić information content (AvgIpc) is 2.67. The van der Waals surface area contributed by atoms with E-state index in [4.69, 9.17) is 10.5 Å². The summed E-state index contributed by atoms with van der Waals surface area (Å²) >= 11 is 0. The van der Waals surface area contributed by atoms with Crippen molar-refractivity contribution in [2.24, 2.45) is 0 Å². The quantitative estimate of drug-likeness (QED) is 0.798. The molecule has 84 valence electrons. The zero-order valence-corrected chi connectivity index (χ0v) is 9.47. The summed E-state index contributed by atoms with van der Waals surface area (Å²) in [6, 6.07) is 7.63. The van der Waals surface area contributed by atoms with Crippen LogP contribution in [0, 0.1) is 6.92 Å². The van der Waals surface area contributed by atoms with Crippen LogP contribution >= 0.6 is 0 Å². The van der Waals surface area contributed by atoms with Crippen LogP contribution in [-0.2, 0) is 6.54 Å². The van der Waals surface area contributed by atoms with Gasteiger partial charge in [0.1, 0.15) is 5.75 Å². The fourth-order valence-electron chi connectivity index (χ4n) is 1.62. The van der Waals surface area contributed by atoms with Crippen LogP contribution in [0.2, 0.25) is 0 Å². The molecule has 0 unspecified atom stereocenters. The molecule has 0 radical (unpaired) electrons. The van der Waals surface area contributed by atoms with Gasteiger partial charge in [-0.1, -0.05) is 6.07 Å². The molecule has 16 heavy (non-hydrogen) atoms. The first-order valence-electron chi connectivity index (χ1n) is 5.11. The van der Waals surface area contributed by atoms with E-state index in [0.29, 0.717) is 12.2 Å². The van der Waals surface area contributed by atoms with Gasteiger partial charge < -0.3 is 10.5 Å². The van der Waals surface area contributed by atoms with Crippen molar-refractivity contribution in [3.63, 3.8) is 0 Å². The molecule has 2 N–H and O–H groups in total. The van der Waals surface area contributed by atoms with Crippen LogP contribution in [0.4, 0.5) is 5.69 Å². The molecule has 1 aromatic heterocycles. The molecule has 0 aliphatic carbocycles. The molecule has 1 heterocycles. The number of benzene rings is 1. The van der Waals surface area contributed by atoms with Crippen LogP contribution in [0.15, 0.2) is 30.5 Å². The van der Waals surface area contributed by atoms with E-state index >= 15 is 0 Å². The molecule has 2 aromatic rings. The van der Waals surface area contributed by atoms with E-state index in [9.17, 15) is 0 Å². The second-order valence-electron chi connectivity index (χ2n) is 3.73. The molecular weight excluding hydrogens is 202 g/mol. The van der Waals surface area contributed by atoms with Gasteiger partial charge in [0, 0.05) is 23.5 Å². The van der Waals surface area contributed by atoms with E-state index in [1.165, 1.54) is 0 Å². The average molecular weight is 217 g/mol. The highest BCUT2D eigenvalue weighted by atomic mass is 16.5. The van der Waals surface area contributed by atoms with Crippen molar-refractivity contribution < 1.29 is 4.74 Å². The monoisotopic (exact) mass is 217 g/mol. The summed E-state index contributed by atoms with van der Waals surface area (Å²) < 4.78 is 7.16. The predicted molar refractivity (Wildman–Crippen MR) is 63.5 cm³/mol. The van der Waals surface area contributed by atoms with Gasteiger partial charge >= 0.3 is 0 Å². The first-order valence-corrected chi connectivity index (χ1v) is 5.11. The molecule has 0 aliphatic heterocycles. The summed E-state index contributed by atoms with van der Waals surface area (Å²) in [5, 5.41) is 4.33. The van der Waals surface area contributed by atoms with Gasteiger partial charge in [-0.3, -0.25) is 4.68 Å². The van der Waals surface area contributed by atoms with Crippen LogP contribution in [-0.4, -0.2) is 16.9 Å². The molecular formula is C12H15N3O. The highest BCUT2D eigenvalue weighted by Crippen LogP contribution is 2.22. The second kappa shape index (κ2) is 4.26. The van der Waals surface area contributed by atoms with Crippen molar-refractivity contribution in [2.75, 3.05) is 12.8 Å². The molecule has 2 rings (SSSR count). The summed E-state index contributed by atoms with van der Waals surface area (Å²) in [4.78, 5) is 0. The number of rotatable bonds is 3. The lowest BCUT2D eigenvalue weighted by Gasteiger charge is -2.09. The van der Waals surface area contributed by atoms with E-state index in [0.717, 1.165) is 17.0 Å². The number of ether oxygens (including phenoxy) is 1. The van der Waals surface area contributed by atoms with E-state index in [1.54, 1.807) is 7.11 Å². The maximum atomic E-state index is 5.70. The Balaban J connectivity index is 2.27. The minimum absolute atomic E-state index is 0.692. The molecule has 0 saturated carbocycles. The number of methoxy groups -OCH3 is 1. The normalized spacial score (nSPS) is 10.4. The molecule has 1 aromatic carbocycles. The minimum Gasteiger partial charge on any atom is -0.496 e. The highest BCUT2D eigenvalue weighted by molar-refractivity contribution is 5.48. The Hall–Kier alpha value is -1.97. The van der Waals surface area contributed by atoms with Gasteiger partial charge in [-0.15, -0.1) is 0 Å². The van der Waals surface area contributed by atoms with Gasteiger partial charge in [0.2, 0.25) is 0 Å². The third kappa shape index (κ3) is 2.16. The van der Waals surface area contributed by atoms with E-state index in [2.05, 4.69) is 5.10 Å². The van der Waals surface area contributed by atoms with Gasteiger partial charge in [0.25, 0.3) is 0 Å². The molecule has 0 aliphatic rings. The smallest absolute Gasteiger partial charge is 0.125 e. The fourth-order valence-corrected chi connectivity index (χ4v) is 1.62. The van der Waals surface area contributed by atoms with Crippen molar-refractivity contribution in [1.82, 2.24) is 9.78 Å². The topological polar surface area (TPSA) is 53.1 Å². The van der Waals surface area contributed by atoms with Crippen molar-refractivity contribution in [2.45, 2.75) is 13.5 Å². The number of nitrogens with zero attached hydrogens (tertiary/aromatic N) is 2. The molecule has 4 heteroatoms. The van der Waals surface area contributed by atoms with E-state index < -0.39 is 0 Å². The van der Waals surface area contributed by atoms with Crippen LogP contribution in [0.5, 0.6) is 5.75 Å². The first-order chi connectivity index (χ1) is 7.69. The number of aryl methyl sites for hydroxylation is 1. The molecule has 0 spiro atoms. The van der Waals surface area contributed by atoms with E-state index in [-0.39, 0.29) is 0 Å². The summed E-state index contributed by atoms with van der Waals surface area (Å²) in [5.74, 6) is 0.799. The fraction of sp³-hybridized carbons (Fsp3) is 0.250. The van der Waals surface area contributed by atoms with Crippen molar-refractivity contribution in [3.05, 3.63) is 41.7 Å². The van der Waals surface area contributed by atoms with Crippen molar-refractivity contribution in [1.29, 1.82) is 0 Å². The Morgan fingerprint density at radius 1 is 1.38 bits per heavy atom. The summed E-state index contributed by atoms with van der Waals surface area (Å²) in [5.41, 5.74) is 8.48. The maximum Gasteiger partial charge on any atom is 0.125 e. The Bertz CT molecular complexity index is 491. The zero-order chi connectivity index (χ0) is 11.5. The third-order valence-electron chi connectivity index (χ3n) is 2.42. The Morgan fingerprint density at radius 3 is 2.81 bits per heavy atom.